The van der Waals surface area contributed by atoms with E-state index < -0.39 is 0 Å². The zero-order valence-electron chi connectivity index (χ0n) is 27.6. The van der Waals surface area contributed by atoms with Gasteiger partial charge in [-0.15, -0.1) is 11.3 Å². The Kier molecular flexibility index (Phi) is 6.16. The zero-order valence-corrected chi connectivity index (χ0v) is 28.4. The second kappa shape index (κ2) is 11.0. The summed E-state index contributed by atoms with van der Waals surface area (Å²) >= 11 is 1.87. The lowest BCUT2D eigenvalue weighted by Gasteiger charge is -2.11. The first-order chi connectivity index (χ1) is 25.3. The molecule has 0 fully saturated rings. The molecule has 0 unspecified atom stereocenters. The van der Waals surface area contributed by atoms with Crippen LogP contribution < -0.4 is 0 Å². The smallest absolute Gasteiger partial charge is 0.0548 e. The van der Waals surface area contributed by atoms with E-state index in [2.05, 4.69) is 191 Å². The predicted octanol–water partition coefficient (Wildman–Crippen LogP) is 13.6. The van der Waals surface area contributed by atoms with Crippen LogP contribution in [0, 0.1) is 0 Å². The first-order valence-corrected chi connectivity index (χ1v) is 18.3. The predicted molar refractivity (Wildman–Crippen MR) is 219 cm³/mol. The summed E-state index contributed by atoms with van der Waals surface area (Å²) in [4.78, 5) is 0. The molecular formula is C48H30N2S. The van der Waals surface area contributed by atoms with Gasteiger partial charge in [-0.25, -0.2) is 0 Å². The summed E-state index contributed by atoms with van der Waals surface area (Å²) in [6.07, 6.45) is 0. The number of hydrogen-bond donors (Lipinski definition) is 0. The van der Waals surface area contributed by atoms with E-state index in [-0.39, 0.29) is 0 Å². The summed E-state index contributed by atoms with van der Waals surface area (Å²) in [5.74, 6) is 0. The average Bonchev–Trinajstić information content (AvgIpc) is 3.85. The standard InChI is InChI=1S/C48H30N2S/c1-2-10-31(11-3-1)32-18-20-33(21-19-32)34-22-24-35(25-23-34)49-41-15-7-4-13-39(41)47-43(49)28-29-44-48(47)40-14-5-8-16-42(40)50(44)36-26-27-38-37-12-6-9-17-45(37)51-46(38)30-36/h1-30H. The molecule has 0 aliphatic carbocycles. The molecule has 0 aliphatic heterocycles. The van der Waals surface area contributed by atoms with Crippen molar-refractivity contribution in [2.45, 2.75) is 0 Å². The number of rotatable bonds is 4. The van der Waals surface area contributed by atoms with Crippen molar-refractivity contribution >= 4 is 75.1 Å². The molecule has 238 valence electrons. The molecule has 0 amide bonds. The lowest BCUT2D eigenvalue weighted by Crippen LogP contribution is -1.95. The molecule has 11 rings (SSSR count). The second-order valence-corrected chi connectivity index (χ2v) is 14.4. The molecule has 0 atom stereocenters. The van der Waals surface area contributed by atoms with E-state index in [1.165, 1.54) is 91.7 Å². The first kappa shape index (κ1) is 28.4. The second-order valence-electron chi connectivity index (χ2n) is 13.3. The van der Waals surface area contributed by atoms with Crippen molar-refractivity contribution < 1.29 is 0 Å². The fraction of sp³-hybridized carbons (Fsp3) is 0. The molecule has 3 heteroatoms. The van der Waals surface area contributed by atoms with Crippen LogP contribution in [-0.4, -0.2) is 9.13 Å². The highest BCUT2D eigenvalue weighted by molar-refractivity contribution is 7.25. The van der Waals surface area contributed by atoms with Crippen molar-refractivity contribution in [3.63, 3.8) is 0 Å². The van der Waals surface area contributed by atoms with E-state index in [1.807, 2.05) is 11.3 Å². The molecule has 0 N–H and O–H groups in total. The lowest BCUT2D eigenvalue weighted by atomic mass is 10.0. The Balaban J connectivity index is 1.09. The summed E-state index contributed by atoms with van der Waals surface area (Å²) in [6.45, 7) is 0. The van der Waals surface area contributed by atoms with Gasteiger partial charge in [-0.2, -0.15) is 0 Å². The number of fused-ring (bicyclic) bond motifs is 10. The minimum absolute atomic E-state index is 1.16. The Labute approximate surface area is 298 Å². The van der Waals surface area contributed by atoms with Crippen molar-refractivity contribution in [3.05, 3.63) is 182 Å². The van der Waals surface area contributed by atoms with Gasteiger partial charge in [0.2, 0.25) is 0 Å². The van der Waals surface area contributed by atoms with Gasteiger partial charge in [-0.05, 0) is 76.9 Å². The fourth-order valence-corrected chi connectivity index (χ4v) is 9.36. The topological polar surface area (TPSA) is 9.86 Å². The molecule has 0 bridgehead atoms. The average molecular weight is 667 g/mol. The van der Waals surface area contributed by atoms with Crippen LogP contribution in [0.15, 0.2) is 182 Å². The van der Waals surface area contributed by atoms with Gasteiger partial charge in [0.25, 0.3) is 0 Å². The molecule has 0 spiro atoms. The van der Waals surface area contributed by atoms with Gasteiger partial charge in [-0.1, -0.05) is 127 Å². The number of thiophene rings is 1. The van der Waals surface area contributed by atoms with Gasteiger partial charge >= 0.3 is 0 Å². The van der Waals surface area contributed by atoms with Crippen molar-refractivity contribution in [3.8, 4) is 33.6 Å². The zero-order chi connectivity index (χ0) is 33.5. The Bertz CT molecular complexity index is 3100. The molecule has 0 radical (unpaired) electrons. The van der Waals surface area contributed by atoms with Gasteiger partial charge in [0, 0.05) is 53.1 Å². The van der Waals surface area contributed by atoms with Gasteiger partial charge in [-0.3, -0.25) is 0 Å². The van der Waals surface area contributed by atoms with Gasteiger partial charge in [0.1, 0.15) is 0 Å². The number of hydrogen-bond acceptors (Lipinski definition) is 1. The van der Waals surface area contributed by atoms with Crippen LogP contribution in [0.3, 0.4) is 0 Å². The largest absolute Gasteiger partial charge is 0.309 e. The monoisotopic (exact) mass is 666 g/mol. The van der Waals surface area contributed by atoms with Crippen LogP contribution in [-0.2, 0) is 0 Å². The normalized spacial score (nSPS) is 11.9. The third kappa shape index (κ3) is 4.29. The van der Waals surface area contributed by atoms with Crippen LogP contribution in [0.25, 0.3) is 97.4 Å². The Morgan fingerprint density at radius 1 is 0.294 bits per heavy atom. The highest BCUT2D eigenvalue weighted by Gasteiger charge is 2.20. The minimum atomic E-state index is 1.16. The van der Waals surface area contributed by atoms with Crippen molar-refractivity contribution in [1.29, 1.82) is 0 Å². The van der Waals surface area contributed by atoms with E-state index in [4.69, 9.17) is 0 Å². The van der Waals surface area contributed by atoms with Crippen LogP contribution >= 0.6 is 11.3 Å². The molecular weight excluding hydrogens is 637 g/mol. The third-order valence-electron chi connectivity index (χ3n) is 10.5. The van der Waals surface area contributed by atoms with Crippen LogP contribution in [0.5, 0.6) is 0 Å². The number of nitrogens with zero attached hydrogens (tertiary/aromatic N) is 2. The molecule has 3 heterocycles. The van der Waals surface area contributed by atoms with E-state index >= 15 is 0 Å². The van der Waals surface area contributed by atoms with Crippen molar-refractivity contribution in [2.24, 2.45) is 0 Å². The fourth-order valence-electron chi connectivity index (χ4n) is 8.22. The van der Waals surface area contributed by atoms with Gasteiger partial charge in [0.05, 0.1) is 22.1 Å². The highest BCUT2D eigenvalue weighted by atomic mass is 32.1. The number of benzene rings is 8. The molecule has 0 saturated carbocycles. The van der Waals surface area contributed by atoms with Crippen molar-refractivity contribution in [2.75, 3.05) is 0 Å². The minimum Gasteiger partial charge on any atom is -0.309 e. The summed E-state index contributed by atoms with van der Waals surface area (Å²) in [7, 11) is 0. The van der Waals surface area contributed by atoms with Crippen LogP contribution in [0.4, 0.5) is 0 Å². The Morgan fingerprint density at radius 3 is 1.37 bits per heavy atom. The summed E-state index contributed by atoms with van der Waals surface area (Å²) in [6, 6.07) is 66.5. The maximum Gasteiger partial charge on any atom is 0.0548 e. The Morgan fingerprint density at radius 2 is 0.745 bits per heavy atom. The highest BCUT2D eigenvalue weighted by Crippen LogP contribution is 2.43. The first-order valence-electron chi connectivity index (χ1n) is 17.4. The van der Waals surface area contributed by atoms with Gasteiger partial charge in [0.15, 0.2) is 0 Å². The number of aromatic nitrogens is 2. The quantitative estimate of drug-likeness (QED) is 0.177. The maximum absolute atomic E-state index is 2.46. The lowest BCUT2D eigenvalue weighted by molar-refractivity contribution is 1.17. The summed E-state index contributed by atoms with van der Waals surface area (Å²) in [5, 5.41) is 7.77. The molecule has 51 heavy (non-hydrogen) atoms. The molecule has 2 nitrogen and oxygen atoms in total. The molecule has 3 aromatic heterocycles. The van der Waals surface area contributed by atoms with Gasteiger partial charge < -0.3 is 9.13 Å². The van der Waals surface area contributed by atoms with Crippen LogP contribution in [0.1, 0.15) is 0 Å². The summed E-state index contributed by atoms with van der Waals surface area (Å²) in [5.41, 5.74) is 12.1. The third-order valence-corrected chi connectivity index (χ3v) is 11.7. The van der Waals surface area contributed by atoms with E-state index in [0.29, 0.717) is 0 Å². The van der Waals surface area contributed by atoms with E-state index in [9.17, 15) is 0 Å². The summed E-state index contributed by atoms with van der Waals surface area (Å²) < 4.78 is 7.53. The molecule has 8 aromatic carbocycles. The van der Waals surface area contributed by atoms with Crippen molar-refractivity contribution in [1.82, 2.24) is 9.13 Å². The van der Waals surface area contributed by atoms with Crippen LogP contribution in [0.2, 0.25) is 0 Å². The molecule has 11 aromatic rings. The van der Waals surface area contributed by atoms with E-state index in [1.54, 1.807) is 0 Å². The molecule has 0 aliphatic rings. The Hall–Kier alpha value is -6.42. The maximum atomic E-state index is 2.46. The van der Waals surface area contributed by atoms with E-state index in [0.717, 1.165) is 5.69 Å². The SMILES string of the molecule is c1ccc(-c2ccc(-c3ccc(-n4c5ccccc5c5c6c7ccccc7n(-c7ccc8c(c7)sc7ccccc78)c6ccc54)cc3)cc2)cc1. The molecule has 0 saturated heterocycles. The number of para-hydroxylation sites is 2.